The lowest BCUT2D eigenvalue weighted by Crippen LogP contribution is -2.35. The van der Waals surface area contributed by atoms with Crippen molar-refractivity contribution in [3.63, 3.8) is 0 Å². The molecule has 1 aliphatic carbocycles. The second-order valence-electron chi connectivity index (χ2n) is 8.90. The summed E-state index contributed by atoms with van der Waals surface area (Å²) < 4.78 is 5.58. The summed E-state index contributed by atoms with van der Waals surface area (Å²) in [6.07, 6.45) is 0.368. The second kappa shape index (κ2) is 11.5. The fourth-order valence-electron chi connectivity index (χ4n) is 4.43. The van der Waals surface area contributed by atoms with Gasteiger partial charge in [-0.1, -0.05) is 62.4 Å². The van der Waals surface area contributed by atoms with Gasteiger partial charge in [-0.15, -0.1) is 0 Å². The van der Waals surface area contributed by atoms with Gasteiger partial charge in [-0.2, -0.15) is 0 Å². The minimum Gasteiger partial charge on any atom is -0.481 e. The highest BCUT2D eigenvalue weighted by Crippen LogP contribution is 2.44. The first-order valence-electron chi connectivity index (χ1n) is 11.4. The molecule has 2 aromatic carbocycles. The monoisotopic (exact) mass is 452 g/mol. The molecule has 176 valence electrons. The van der Waals surface area contributed by atoms with Crippen molar-refractivity contribution in [3.8, 4) is 11.1 Å². The van der Waals surface area contributed by atoms with Crippen molar-refractivity contribution in [2.24, 2.45) is 11.8 Å². The Bertz CT molecular complexity index is 943. The first-order chi connectivity index (χ1) is 15.8. The number of carbonyl (C=O) groups excluding carboxylic acids is 2. The number of ether oxygens (including phenoxy) is 1. The number of rotatable bonds is 11. The van der Waals surface area contributed by atoms with Gasteiger partial charge in [0.2, 0.25) is 5.91 Å². The Morgan fingerprint density at radius 2 is 1.58 bits per heavy atom. The third-order valence-corrected chi connectivity index (χ3v) is 5.82. The molecule has 0 saturated carbocycles. The summed E-state index contributed by atoms with van der Waals surface area (Å²) in [5.74, 6) is -0.877. The number of benzene rings is 2. The zero-order valence-corrected chi connectivity index (χ0v) is 19.2. The summed E-state index contributed by atoms with van der Waals surface area (Å²) >= 11 is 0. The number of carboxylic acid groups (broad SMARTS) is 1. The third kappa shape index (κ3) is 6.81. The van der Waals surface area contributed by atoms with Crippen molar-refractivity contribution in [1.82, 2.24) is 10.6 Å². The van der Waals surface area contributed by atoms with Crippen LogP contribution in [0.25, 0.3) is 11.1 Å². The van der Waals surface area contributed by atoms with Gasteiger partial charge in [-0.05, 0) is 40.5 Å². The first-order valence-corrected chi connectivity index (χ1v) is 11.4. The minimum absolute atomic E-state index is 0.00498. The maximum absolute atomic E-state index is 12.4. The lowest BCUT2D eigenvalue weighted by atomic mass is 9.93. The normalized spacial score (nSPS) is 13.2. The molecule has 0 aromatic heterocycles. The Kier molecular flexibility index (Phi) is 8.46. The number of alkyl carbamates (subject to hydrolysis) is 1. The van der Waals surface area contributed by atoms with E-state index in [0.29, 0.717) is 12.5 Å². The Labute approximate surface area is 194 Å². The third-order valence-electron chi connectivity index (χ3n) is 5.82. The maximum atomic E-state index is 12.4. The molecule has 0 aliphatic heterocycles. The number of carbonyl (C=O) groups is 3. The van der Waals surface area contributed by atoms with Gasteiger partial charge in [0.05, 0.1) is 6.42 Å². The zero-order valence-electron chi connectivity index (χ0n) is 19.2. The summed E-state index contributed by atoms with van der Waals surface area (Å²) in [5, 5.41) is 14.1. The molecule has 0 bridgehead atoms. The molecule has 7 nitrogen and oxygen atoms in total. The molecule has 1 aliphatic rings. The van der Waals surface area contributed by atoms with Gasteiger partial charge in [0, 0.05) is 25.4 Å². The topological polar surface area (TPSA) is 105 Å². The van der Waals surface area contributed by atoms with Gasteiger partial charge in [-0.3, -0.25) is 9.59 Å². The van der Waals surface area contributed by atoms with Crippen LogP contribution in [0.2, 0.25) is 0 Å². The van der Waals surface area contributed by atoms with Gasteiger partial charge < -0.3 is 20.5 Å². The van der Waals surface area contributed by atoms with Crippen LogP contribution in [0.1, 0.15) is 50.2 Å². The van der Waals surface area contributed by atoms with Crippen molar-refractivity contribution >= 4 is 18.0 Å². The Morgan fingerprint density at radius 3 is 2.15 bits per heavy atom. The predicted octanol–water partition coefficient (Wildman–Crippen LogP) is 4.17. The molecule has 1 unspecified atom stereocenters. The lowest BCUT2D eigenvalue weighted by molar-refractivity contribution is -0.136. The Balaban J connectivity index is 1.52. The standard InChI is InChI=1S/C26H32N2O5/c1-17(2)13-18(14-24(29)27-12-11-25(30)31)15-28-26(32)33-16-23-21-9-5-3-7-19(21)20-8-4-6-10-22(20)23/h3-10,17-18,23H,11-16H2,1-2H3,(H,27,29)(H,28,32)(H,30,31). The maximum Gasteiger partial charge on any atom is 0.407 e. The van der Waals surface area contributed by atoms with Crippen molar-refractivity contribution in [2.75, 3.05) is 19.7 Å². The number of fused-ring (bicyclic) bond motifs is 3. The van der Waals surface area contributed by atoms with E-state index in [1.165, 1.54) is 11.1 Å². The van der Waals surface area contributed by atoms with E-state index < -0.39 is 12.1 Å². The highest BCUT2D eigenvalue weighted by molar-refractivity contribution is 5.79. The fraction of sp³-hybridized carbons (Fsp3) is 0.423. The molecule has 0 heterocycles. The molecule has 2 amide bonds. The van der Waals surface area contributed by atoms with E-state index in [-0.39, 0.29) is 43.7 Å². The SMILES string of the molecule is CC(C)CC(CNC(=O)OCC1c2ccccc2-c2ccccc21)CC(=O)NCCC(=O)O. The quantitative estimate of drug-likeness (QED) is 0.475. The highest BCUT2D eigenvalue weighted by atomic mass is 16.5. The molecule has 0 fully saturated rings. The van der Waals surface area contributed by atoms with E-state index in [1.807, 2.05) is 24.3 Å². The van der Waals surface area contributed by atoms with Crippen molar-refractivity contribution in [2.45, 2.75) is 39.0 Å². The van der Waals surface area contributed by atoms with Crippen LogP contribution in [-0.4, -0.2) is 42.8 Å². The number of carboxylic acids is 1. The fourth-order valence-corrected chi connectivity index (χ4v) is 4.43. The average Bonchev–Trinajstić information content (AvgIpc) is 3.09. The number of hydrogen-bond acceptors (Lipinski definition) is 4. The minimum atomic E-state index is -0.953. The highest BCUT2D eigenvalue weighted by Gasteiger charge is 2.29. The molecule has 0 radical (unpaired) electrons. The van der Waals surface area contributed by atoms with Gasteiger partial charge in [0.15, 0.2) is 0 Å². The summed E-state index contributed by atoms with van der Waals surface area (Å²) in [5.41, 5.74) is 4.66. The van der Waals surface area contributed by atoms with E-state index in [9.17, 15) is 14.4 Å². The predicted molar refractivity (Wildman–Crippen MR) is 126 cm³/mol. The second-order valence-corrected chi connectivity index (χ2v) is 8.90. The van der Waals surface area contributed by atoms with Crippen LogP contribution in [0.4, 0.5) is 4.79 Å². The molecule has 0 spiro atoms. The van der Waals surface area contributed by atoms with Gasteiger partial charge in [-0.25, -0.2) is 4.79 Å². The van der Waals surface area contributed by atoms with Crippen molar-refractivity contribution < 1.29 is 24.2 Å². The van der Waals surface area contributed by atoms with E-state index in [0.717, 1.165) is 17.5 Å². The molecule has 1 atom stereocenters. The van der Waals surface area contributed by atoms with E-state index in [1.54, 1.807) is 0 Å². The van der Waals surface area contributed by atoms with Crippen LogP contribution in [0, 0.1) is 11.8 Å². The van der Waals surface area contributed by atoms with Gasteiger partial charge in [0.25, 0.3) is 0 Å². The summed E-state index contributed by atoms with van der Waals surface area (Å²) in [6.45, 7) is 4.78. The number of aliphatic carboxylic acids is 1. The molecular weight excluding hydrogens is 420 g/mol. The molecular formula is C26H32N2O5. The van der Waals surface area contributed by atoms with Crippen LogP contribution in [-0.2, 0) is 14.3 Å². The van der Waals surface area contributed by atoms with Crippen molar-refractivity contribution in [3.05, 3.63) is 59.7 Å². The van der Waals surface area contributed by atoms with Crippen LogP contribution >= 0.6 is 0 Å². The first kappa shape index (κ1) is 24.3. The van der Waals surface area contributed by atoms with E-state index >= 15 is 0 Å². The van der Waals surface area contributed by atoms with Crippen molar-refractivity contribution in [1.29, 1.82) is 0 Å². The Hall–Kier alpha value is -3.35. The molecule has 7 heteroatoms. The summed E-state index contributed by atoms with van der Waals surface area (Å²) in [7, 11) is 0. The van der Waals surface area contributed by atoms with E-state index in [2.05, 4.69) is 48.7 Å². The summed E-state index contributed by atoms with van der Waals surface area (Å²) in [4.78, 5) is 35.2. The zero-order chi connectivity index (χ0) is 23.8. The summed E-state index contributed by atoms with van der Waals surface area (Å²) in [6, 6.07) is 16.3. The number of nitrogens with one attached hydrogen (secondary N) is 2. The molecule has 3 N–H and O–H groups in total. The smallest absolute Gasteiger partial charge is 0.407 e. The molecule has 33 heavy (non-hydrogen) atoms. The molecule has 0 saturated heterocycles. The molecule has 2 aromatic rings. The van der Waals surface area contributed by atoms with Gasteiger partial charge >= 0.3 is 12.1 Å². The van der Waals surface area contributed by atoms with E-state index in [4.69, 9.17) is 9.84 Å². The average molecular weight is 453 g/mol. The van der Waals surface area contributed by atoms with Crippen LogP contribution in [0.3, 0.4) is 0 Å². The Morgan fingerprint density at radius 1 is 0.970 bits per heavy atom. The number of amides is 2. The van der Waals surface area contributed by atoms with Crippen LogP contribution < -0.4 is 10.6 Å². The lowest BCUT2D eigenvalue weighted by Gasteiger charge is -2.20. The van der Waals surface area contributed by atoms with Gasteiger partial charge in [0.1, 0.15) is 6.61 Å². The largest absolute Gasteiger partial charge is 0.481 e. The van der Waals surface area contributed by atoms with Crippen LogP contribution in [0.15, 0.2) is 48.5 Å². The van der Waals surface area contributed by atoms with Crippen LogP contribution in [0.5, 0.6) is 0 Å². The molecule has 3 rings (SSSR count). The number of hydrogen-bond donors (Lipinski definition) is 3.